The molecule has 17 heavy (non-hydrogen) atoms. The Morgan fingerprint density at radius 2 is 2.59 bits per heavy atom. The molecule has 8 heteroatoms. The van der Waals surface area contributed by atoms with Gasteiger partial charge in [0.1, 0.15) is 0 Å². The minimum absolute atomic E-state index is 0.0335. The quantitative estimate of drug-likeness (QED) is 0.766. The fourth-order valence-corrected chi connectivity index (χ4v) is 2.48. The monoisotopic (exact) mass is 258 g/mol. The van der Waals surface area contributed by atoms with Gasteiger partial charge in [0.05, 0.1) is 18.4 Å². The average Bonchev–Trinajstić information content (AvgIpc) is 2.96. The molecule has 1 saturated heterocycles. The van der Waals surface area contributed by atoms with Gasteiger partial charge in [0.15, 0.2) is 0 Å². The van der Waals surface area contributed by atoms with Crippen LogP contribution in [0.5, 0.6) is 0 Å². The van der Waals surface area contributed by atoms with E-state index in [4.69, 9.17) is 9.84 Å². The third kappa shape index (κ3) is 2.95. The molecule has 0 saturated carbocycles. The van der Waals surface area contributed by atoms with Gasteiger partial charge in [0.2, 0.25) is 5.16 Å². The summed E-state index contributed by atoms with van der Waals surface area (Å²) in [5.41, 5.74) is 0. The zero-order valence-electron chi connectivity index (χ0n) is 9.44. The number of carboxylic acids is 1. The summed E-state index contributed by atoms with van der Waals surface area (Å²) >= 11 is 1.14. The van der Waals surface area contributed by atoms with Gasteiger partial charge in [0.25, 0.3) is 0 Å². The van der Waals surface area contributed by atoms with Gasteiger partial charge in [-0.15, -0.1) is 5.10 Å². The zero-order chi connectivity index (χ0) is 12.3. The van der Waals surface area contributed by atoms with Crippen LogP contribution in [0.3, 0.4) is 0 Å². The molecule has 2 rings (SSSR count). The Hall–Kier alpha value is -1.15. The molecule has 1 aliphatic rings. The number of tetrazole rings is 1. The second-order valence-electron chi connectivity index (χ2n) is 3.95. The van der Waals surface area contributed by atoms with Crippen LogP contribution in [-0.2, 0) is 9.53 Å². The number of nitrogens with zero attached hydrogens (tertiary/aromatic N) is 4. The van der Waals surface area contributed by atoms with E-state index in [1.54, 1.807) is 4.68 Å². The molecular weight excluding hydrogens is 244 g/mol. The lowest BCUT2D eigenvalue weighted by molar-refractivity contribution is -0.133. The number of hydrogen-bond acceptors (Lipinski definition) is 6. The molecule has 1 aliphatic heterocycles. The number of carbonyl (C=O) groups is 1. The molecule has 1 aromatic rings. The highest BCUT2D eigenvalue weighted by Crippen LogP contribution is 2.28. The van der Waals surface area contributed by atoms with E-state index >= 15 is 0 Å². The van der Waals surface area contributed by atoms with Crippen molar-refractivity contribution in [3.63, 3.8) is 0 Å². The first-order valence-corrected chi connectivity index (χ1v) is 6.37. The van der Waals surface area contributed by atoms with Crippen molar-refractivity contribution >= 4 is 17.7 Å². The molecule has 0 radical (unpaired) electrons. The van der Waals surface area contributed by atoms with Crippen molar-refractivity contribution < 1.29 is 14.6 Å². The van der Waals surface area contributed by atoms with Gasteiger partial charge < -0.3 is 9.84 Å². The molecule has 0 aliphatic carbocycles. The Balaban J connectivity index is 2.04. The molecule has 1 aromatic heterocycles. The third-order valence-electron chi connectivity index (χ3n) is 2.82. The van der Waals surface area contributed by atoms with Crippen LogP contribution in [0.2, 0.25) is 0 Å². The first kappa shape index (κ1) is 12.3. The van der Waals surface area contributed by atoms with Gasteiger partial charge >= 0.3 is 5.97 Å². The predicted octanol–water partition coefficient (Wildman–Crippen LogP) is 0.447. The normalized spacial score (nSPS) is 21.6. The van der Waals surface area contributed by atoms with E-state index in [0.717, 1.165) is 24.8 Å². The maximum Gasteiger partial charge on any atom is 0.313 e. The lowest BCUT2D eigenvalue weighted by Gasteiger charge is -2.18. The van der Waals surface area contributed by atoms with Crippen LogP contribution in [0.1, 0.15) is 19.4 Å². The zero-order valence-corrected chi connectivity index (χ0v) is 10.3. The SMILES string of the molecule is CC(C1CCOC1)n1nnnc1SCC(=O)O. The van der Waals surface area contributed by atoms with Crippen LogP contribution < -0.4 is 0 Å². The Morgan fingerprint density at radius 1 is 1.76 bits per heavy atom. The summed E-state index contributed by atoms with van der Waals surface area (Å²) in [7, 11) is 0. The number of aromatic nitrogens is 4. The van der Waals surface area contributed by atoms with Crippen LogP contribution in [0.4, 0.5) is 0 Å². The van der Waals surface area contributed by atoms with E-state index in [1.807, 2.05) is 6.92 Å². The summed E-state index contributed by atoms with van der Waals surface area (Å²) in [6.45, 7) is 3.51. The summed E-state index contributed by atoms with van der Waals surface area (Å²) < 4.78 is 7.02. The Bertz CT molecular complexity index is 391. The molecule has 2 unspecified atom stereocenters. The molecule has 2 atom stereocenters. The van der Waals surface area contributed by atoms with Crippen molar-refractivity contribution in [2.24, 2.45) is 5.92 Å². The molecule has 94 valence electrons. The van der Waals surface area contributed by atoms with Gasteiger partial charge in [-0.25, -0.2) is 4.68 Å². The number of hydrogen-bond donors (Lipinski definition) is 1. The van der Waals surface area contributed by atoms with Crippen molar-refractivity contribution in [2.45, 2.75) is 24.5 Å². The summed E-state index contributed by atoms with van der Waals surface area (Å²) in [6, 6.07) is 0.129. The minimum atomic E-state index is -0.874. The van der Waals surface area contributed by atoms with Crippen molar-refractivity contribution in [3.05, 3.63) is 0 Å². The first-order valence-electron chi connectivity index (χ1n) is 5.38. The van der Waals surface area contributed by atoms with E-state index in [2.05, 4.69) is 15.5 Å². The van der Waals surface area contributed by atoms with Crippen LogP contribution in [0.25, 0.3) is 0 Å². The molecule has 0 aromatic carbocycles. The third-order valence-corrected chi connectivity index (χ3v) is 3.74. The van der Waals surface area contributed by atoms with E-state index in [-0.39, 0.29) is 11.8 Å². The molecule has 0 bridgehead atoms. The summed E-state index contributed by atoms with van der Waals surface area (Å²) in [5.74, 6) is -0.516. The van der Waals surface area contributed by atoms with Gasteiger partial charge in [0, 0.05) is 12.5 Å². The van der Waals surface area contributed by atoms with Crippen molar-refractivity contribution in [1.29, 1.82) is 0 Å². The van der Waals surface area contributed by atoms with Gasteiger partial charge in [-0.3, -0.25) is 4.79 Å². The number of carboxylic acid groups (broad SMARTS) is 1. The minimum Gasteiger partial charge on any atom is -0.481 e. The fraction of sp³-hybridized carbons (Fsp3) is 0.778. The highest BCUT2D eigenvalue weighted by molar-refractivity contribution is 7.99. The predicted molar refractivity (Wildman–Crippen MR) is 59.8 cm³/mol. The average molecular weight is 258 g/mol. The lowest BCUT2D eigenvalue weighted by Crippen LogP contribution is -2.19. The number of ether oxygens (including phenoxy) is 1. The van der Waals surface area contributed by atoms with Gasteiger partial charge in [-0.05, 0) is 23.8 Å². The smallest absolute Gasteiger partial charge is 0.313 e. The maximum absolute atomic E-state index is 10.5. The molecule has 1 fully saturated rings. The highest BCUT2D eigenvalue weighted by Gasteiger charge is 2.26. The Labute approximate surface area is 103 Å². The molecule has 1 N–H and O–H groups in total. The molecule has 7 nitrogen and oxygen atoms in total. The standard InChI is InChI=1S/C9H14N4O3S/c1-6(7-2-3-16-4-7)13-9(10-11-12-13)17-5-8(14)15/h6-7H,2-5H2,1H3,(H,14,15). The van der Waals surface area contributed by atoms with E-state index in [1.165, 1.54) is 0 Å². The van der Waals surface area contributed by atoms with Crippen LogP contribution in [0.15, 0.2) is 5.16 Å². The van der Waals surface area contributed by atoms with Crippen LogP contribution in [0, 0.1) is 5.92 Å². The van der Waals surface area contributed by atoms with E-state index < -0.39 is 5.97 Å². The second kappa shape index (κ2) is 5.46. The first-order chi connectivity index (χ1) is 8.18. The van der Waals surface area contributed by atoms with Crippen molar-refractivity contribution in [1.82, 2.24) is 20.2 Å². The number of thioether (sulfide) groups is 1. The van der Waals surface area contributed by atoms with Gasteiger partial charge in [-0.1, -0.05) is 11.8 Å². The van der Waals surface area contributed by atoms with E-state index in [9.17, 15) is 4.79 Å². The second-order valence-corrected chi connectivity index (χ2v) is 4.90. The largest absolute Gasteiger partial charge is 0.481 e. The number of aliphatic carboxylic acids is 1. The van der Waals surface area contributed by atoms with E-state index in [0.29, 0.717) is 17.7 Å². The molecule has 2 heterocycles. The van der Waals surface area contributed by atoms with Crippen molar-refractivity contribution in [2.75, 3.05) is 19.0 Å². The maximum atomic E-state index is 10.5. The highest BCUT2D eigenvalue weighted by atomic mass is 32.2. The lowest BCUT2D eigenvalue weighted by atomic mass is 10.0. The van der Waals surface area contributed by atoms with Gasteiger partial charge in [-0.2, -0.15) is 0 Å². The van der Waals surface area contributed by atoms with Crippen molar-refractivity contribution in [3.8, 4) is 0 Å². The molecular formula is C9H14N4O3S. The fourth-order valence-electron chi connectivity index (χ4n) is 1.80. The summed E-state index contributed by atoms with van der Waals surface area (Å²) in [4.78, 5) is 10.5. The summed E-state index contributed by atoms with van der Waals surface area (Å²) in [5, 5.41) is 20.5. The summed E-state index contributed by atoms with van der Waals surface area (Å²) in [6.07, 6.45) is 0.990. The van der Waals surface area contributed by atoms with Crippen LogP contribution >= 0.6 is 11.8 Å². The topological polar surface area (TPSA) is 90.1 Å². The van der Waals surface area contributed by atoms with Crippen LogP contribution in [-0.4, -0.2) is 50.2 Å². The Kier molecular flexibility index (Phi) is 3.95. The molecule has 0 spiro atoms. The molecule has 0 amide bonds. The Morgan fingerprint density at radius 3 is 3.24 bits per heavy atom. The number of rotatable bonds is 5.